The Balaban J connectivity index is 2.52. The van der Waals surface area contributed by atoms with Crippen LogP contribution in [0.3, 0.4) is 0 Å². The molecule has 19 heavy (non-hydrogen) atoms. The van der Waals surface area contributed by atoms with Crippen molar-refractivity contribution in [1.82, 2.24) is 0 Å². The first-order valence-electron chi connectivity index (χ1n) is 6.51. The predicted octanol–water partition coefficient (Wildman–Crippen LogP) is 5.72. The van der Waals surface area contributed by atoms with Crippen LogP contribution in [0.25, 0.3) is 0 Å². The van der Waals surface area contributed by atoms with Crippen molar-refractivity contribution in [3.05, 3.63) is 58.1 Å². The number of hydrogen-bond donors (Lipinski definition) is 0. The van der Waals surface area contributed by atoms with Crippen LogP contribution in [-0.4, -0.2) is 0 Å². The molecule has 1 nitrogen and oxygen atoms in total. The quantitative estimate of drug-likeness (QED) is 0.486. The van der Waals surface area contributed by atoms with E-state index in [2.05, 4.69) is 90.9 Å². The molecule has 0 saturated heterocycles. The summed E-state index contributed by atoms with van der Waals surface area (Å²) in [5.41, 5.74) is 9.17. The number of rotatable bonds is 2. The smallest absolute Gasteiger partial charge is 0.0646 e. The monoisotopic (exact) mass is 365 g/mol. The summed E-state index contributed by atoms with van der Waals surface area (Å²) >= 11 is 2.40. The highest BCUT2D eigenvalue weighted by Crippen LogP contribution is 2.36. The molecule has 0 aromatic heterocycles. The zero-order chi connectivity index (χ0) is 14.2. The molecule has 0 radical (unpaired) electrons. The highest BCUT2D eigenvalue weighted by molar-refractivity contribution is 14.1. The first-order valence-corrected chi connectivity index (χ1v) is 7.47. The summed E-state index contributed by atoms with van der Waals surface area (Å²) in [6.45, 7) is 10.8. The second-order valence-corrected chi connectivity index (χ2v) is 6.26. The van der Waals surface area contributed by atoms with Gasteiger partial charge in [-0.2, -0.15) is 0 Å². The van der Waals surface area contributed by atoms with Gasteiger partial charge < -0.3 is 0 Å². The van der Waals surface area contributed by atoms with Gasteiger partial charge in [0.05, 0.1) is 34.2 Å². The number of halogens is 1. The van der Waals surface area contributed by atoms with Crippen LogP contribution in [-0.2, 0) is 0 Å². The highest BCUT2D eigenvalue weighted by Gasteiger charge is 2.13. The molecule has 0 heterocycles. The van der Waals surface area contributed by atoms with Crippen LogP contribution >= 0.6 is 22.9 Å². The molecule has 0 unspecified atom stereocenters. The van der Waals surface area contributed by atoms with E-state index < -0.39 is 0 Å². The van der Waals surface area contributed by atoms with Gasteiger partial charge in [0, 0.05) is 0 Å². The normalized spacial score (nSPS) is 10.6. The fourth-order valence-corrected chi connectivity index (χ4v) is 3.42. The Morgan fingerprint density at radius 3 is 2.00 bits per heavy atom. The van der Waals surface area contributed by atoms with Crippen LogP contribution in [0.5, 0.6) is 0 Å². The molecule has 2 rings (SSSR count). The average Bonchev–Trinajstić information content (AvgIpc) is 2.33. The lowest BCUT2D eigenvalue weighted by Crippen LogP contribution is -2.06. The predicted molar refractivity (Wildman–Crippen MR) is 92.7 cm³/mol. The first-order chi connectivity index (χ1) is 8.90. The molecule has 2 aromatic carbocycles. The van der Waals surface area contributed by atoms with Crippen molar-refractivity contribution >= 4 is 34.2 Å². The number of anilines is 2. The van der Waals surface area contributed by atoms with E-state index in [1.165, 1.54) is 39.2 Å². The summed E-state index contributed by atoms with van der Waals surface area (Å²) in [7, 11) is 0. The Kier molecular flexibility index (Phi) is 4.19. The third kappa shape index (κ3) is 2.94. The van der Waals surface area contributed by atoms with Crippen molar-refractivity contribution in [2.75, 3.05) is 3.11 Å². The molecule has 2 heteroatoms. The maximum absolute atomic E-state index is 2.40. The fraction of sp³-hybridized carbons (Fsp3) is 0.294. The Labute approximate surface area is 130 Å². The van der Waals surface area contributed by atoms with Gasteiger partial charge >= 0.3 is 0 Å². The number of nitrogens with zero attached hydrogens (tertiary/aromatic N) is 1. The van der Waals surface area contributed by atoms with Crippen molar-refractivity contribution in [1.29, 1.82) is 0 Å². The number of hydrogen-bond acceptors (Lipinski definition) is 1. The standard InChI is InChI=1S/C17H20IN/c1-11-6-7-16(14(4)8-11)19(18)17-10-12(2)9-13(3)15(17)5/h6-10H,1-5H3. The van der Waals surface area contributed by atoms with Crippen molar-refractivity contribution in [2.45, 2.75) is 34.6 Å². The minimum atomic E-state index is 1.26. The topological polar surface area (TPSA) is 3.24 Å². The second-order valence-electron chi connectivity index (χ2n) is 5.30. The minimum Gasteiger partial charge on any atom is -0.282 e. The summed E-state index contributed by atoms with van der Waals surface area (Å²) in [6.07, 6.45) is 0. The maximum atomic E-state index is 2.40. The van der Waals surface area contributed by atoms with E-state index in [9.17, 15) is 0 Å². The van der Waals surface area contributed by atoms with Crippen molar-refractivity contribution in [3.8, 4) is 0 Å². The van der Waals surface area contributed by atoms with Crippen molar-refractivity contribution in [2.24, 2.45) is 0 Å². The van der Waals surface area contributed by atoms with E-state index in [4.69, 9.17) is 0 Å². The molecule has 0 N–H and O–H groups in total. The molecular formula is C17H20IN. The molecular weight excluding hydrogens is 345 g/mol. The van der Waals surface area contributed by atoms with Crippen LogP contribution in [0.4, 0.5) is 11.4 Å². The Hall–Kier alpha value is -1.03. The second kappa shape index (κ2) is 5.53. The summed E-state index contributed by atoms with van der Waals surface area (Å²) < 4.78 is 2.27. The van der Waals surface area contributed by atoms with Gasteiger partial charge in [0.25, 0.3) is 0 Å². The van der Waals surface area contributed by atoms with Crippen LogP contribution in [0.1, 0.15) is 27.8 Å². The lowest BCUT2D eigenvalue weighted by Gasteiger charge is -2.23. The molecule has 100 valence electrons. The average molecular weight is 365 g/mol. The zero-order valence-corrected chi connectivity index (χ0v) is 14.4. The van der Waals surface area contributed by atoms with E-state index in [0.717, 1.165) is 0 Å². The van der Waals surface area contributed by atoms with E-state index in [1.54, 1.807) is 0 Å². The Bertz CT molecular complexity index is 617. The summed E-state index contributed by atoms with van der Waals surface area (Å²) in [4.78, 5) is 0. The molecule has 0 bridgehead atoms. The molecule has 0 fully saturated rings. The first kappa shape index (κ1) is 14.4. The molecule has 2 aromatic rings. The van der Waals surface area contributed by atoms with Gasteiger partial charge in [0.2, 0.25) is 0 Å². The van der Waals surface area contributed by atoms with Gasteiger partial charge in [-0.1, -0.05) is 23.8 Å². The van der Waals surface area contributed by atoms with Crippen LogP contribution in [0.15, 0.2) is 30.3 Å². The van der Waals surface area contributed by atoms with E-state index in [1.807, 2.05) is 0 Å². The lowest BCUT2D eigenvalue weighted by molar-refractivity contribution is 1.26. The van der Waals surface area contributed by atoms with E-state index >= 15 is 0 Å². The number of benzene rings is 2. The van der Waals surface area contributed by atoms with Crippen molar-refractivity contribution in [3.63, 3.8) is 0 Å². The largest absolute Gasteiger partial charge is 0.282 e. The van der Waals surface area contributed by atoms with Gasteiger partial charge in [0.1, 0.15) is 0 Å². The molecule has 0 atom stereocenters. The van der Waals surface area contributed by atoms with Gasteiger partial charge in [-0.05, 0) is 69.0 Å². The van der Waals surface area contributed by atoms with Crippen LogP contribution < -0.4 is 3.11 Å². The minimum absolute atomic E-state index is 1.26. The summed E-state index contributed by atoms with van der Waals surface area (Å²) in [5, 5.41) is 0. The van der Waals surface area contributed by atoms with Crippen LogP contribution in [0.2, 0.25) is 0 Å². The molecule has 0 aliphatic heterocycles. The fourth-order valence-electron chi connectivity index (χ4n) is 2.38. The molecule has 0 amide bonds. The van der Waals surface area contributed by atoms with Gasteiger partial charge in [0.15, 0.2) is 0 Å². The molecule has 0 aliphatic rings. The molecule has 0 saturated carbocycles. The van der Waals surface area contributed by atoms with Crippen LogP contribution in [0, 0.1) is 34.6 Å². The third-order valence-corrected chi connectivity index (χ3v) is 4.60. The highest BCUT2D eigenvalue weighted by atomic mass is 127. The maximum Gasteiger partial charge on any atom is 0.0646 e. The SMILES string of the molecule is Cc1ccc(N(I)c2cc(C)cc(C)c2C)c(C)c1. The van der Waals surface area contributed by atoms with E-state index in [-0.39, 0.29) is 0 Å². The van der Waals surface area contributed by atoms with Gasteiger partial charge in [-0.25, -0.2) is 0 Å². The zero-order valence-electron chi connectivity index (χ0n) is 12.2. The summed E-state index contributed by atoms with van der Waals surface area (Å²) in [5.74, 6) is 0. The van der Waals surface area contributed by atoms with E-state index in [0.29, 0.717) is 0 Å². The Morgan fingerprint density at radius 1 is 0.737 bits per heavy atom. The summed E-state index contributed by atoms with van der Waals surface area (Å²) in [6, 6.07) is 11.1. The third-order valence-electron chi connectivity index (χ3n) is 3.56. The van der Waals surface area contributed by atoms with Crippen molar-refractivity contribution < 1.29 is 0 Å². The lowest BCUT2D eigenvalue weighted by atomic mass is 10.0. The number of aryl methyl sites for hydroxylation is 4. The molecule has 0 spiro atoms. The Morgan fingerprint density at radius 2 is 1.37 bits per heavy atom. The van der Waals surface area contributed by atoms with Gasteiger partial charge in [-0.3, -0.25) is 3.11 Å². The molecule has 0 aliphatic carbocycles. The van der Waals surface area contributed by atoms with Gasteiger partial charge in [-0.15, -0.1) is 0 Å².